The van der Waals surface area contributed by atoms with Crippen molar-refractivity contribution >= 4 is 23.1 Å². The standard InChI is InChI=1S/C8H12N2OS2/c11-6-3-1-2-4-7(6)13-8-10-9-5-12-8/h5-7,11H,1-4H2. The van der Waals surface area contributed by atoms with Crippen molar-refractivity contribution in [2.45, 2.75) is 41.4 Å². The summed E-state index contributed by atoms with van der Waals surface area (Å²) < 4.78 is 0.978. The summed E-state index contributed by atoms with van der Waals surface area (Å²) >= 11 is 3.22. The summed E-state index contributed by atoms with van der Waals surface area (Å²) in [6, 6.07) is 0. The lowest BCUT2D eigenvalue weighted by Crippen LogP contribution is -2.26. The molecule has 1 fully saturated rings. The molecule has 5 heteroatoms. The second-order valence-electron chi connectivity index (χ2n) is 3.21. The topological polar surface area (TPSA) is 46.0 Å². The largest absolute Gasteiger partial charge is 0.392 e. The number of aromatic nitrogens is 2. The molecule has 1 saturated carbocycles. The molecule has 2 rings (SSSR count). The molecule has 1 aliphatic carbocycles. The van der Waals surface area contributed by atoms with E-state index < -0.39 is 0 Å². The van der Waals surface area contributed by atoms with Crippen molar-refractivity contribution in [3.8, 4) is 0 Å². The highest BCUT2D eigenvalue weighted by Gasteiger charge is 2.24. The van der Waals surface area contributed by atoms with E-state index in [1.54, 1.807) is 28.6 Å². The summed E-state index contributed by atoms with van der Waals surface area (Å²) in [6.07, 6.45) is 4.28. The Labute approximate surface area is 85.6 Å². The average molecular weight is 216 g/mol. The molecule has 0 radical (unpaired) electrons. The van der Waals surface area contributed by atoms with Crippen LogP contribution in [0.5, 0.6) is 0 Å². The van der Waals surface area contributed by atoms with Crippen LogP contribution in [0, 0.1) is 0 Å². The fourth-order valence-electron chi connectivity index (χ4n) is 1.56. The van der Waals surface area contributed by atoms with Crippen molar-refractivity contribution in [1.82, 2.24) is 10.2 Å². The Kier molecular flexibility index (Phi) is 3.18. The van der Waals surface area contributed by atoms with Crippen LogP contribution in [0.25, 0.3) is 0 Å². The van der Waals surface area contributed by atoms with E-state index in [4.69, 9.17) is 0 Å². The lowest BCUT2D eigenvalue weighted by atomic mass is 9.97. The van der Waals surface area contributed by atoms with Crippen LogP contribution in [-0.4, -0.2) is 26.7 Å². The molecule has 2 atom stereocenters. The molecule has 13 heavy (non-hydrogen) atoms. The van der Waals surface area contributed by atoms with E-state index >= 15 is 0 Å². The van der Waals surface area contributed by atoms with Crippen LogP contribution in [0.2, 0.25) is 0 Å². The molecule has 1 aromatic heterocycles. The normalized spacial score (nSPS) is 29.0. The fraction of sp³-hybridized carbons (Fsp3) is 0.750. The maximum absolute atomic E-state index is 9.70. The first-order valence-corrected chi connectivity index (χ1v) is 6.23. The van der Waals surface area contributed by atoms with Crippen LogP contribution in [0.1, 0.15) is 25.7 Å². The van der Waals surface area contributed by atoms with Gasteiger partial charge < -0.3 is 5.11 Å². The Morgan fingerprint density at radius 1 is 1.46 bits per heavy atom. The fourth-order valence-corrected chi connectivity index (χ4v) is 3.49. The summed E-state index contributed by atoms with van der Waals surface area (Å²) in [5, 5.41) is 17.8. The molecular weight excluding hydrogens is 204 g/mol. The Morgan fingerprint density at radius 2 is 2.31 bits per heavy atom. The zero-order valence-electron chi connectivity index (χ0n) is 7.22. The Hall–Kier alpha value is -0.130. The molecule has 1 aromatic rings. The minimum absolute atomic E-state index is 0.150. The number of thioether (sulfide) groups is 1. The van der Waals surface area contributed by atoms with Crippen molar-refractivity contribution in [1.29, 1.82) is 0 Å². The predicted molar refractivity (Wildman–Crippen MR) is 54.0 cm³/mol. The molecule has 3 nitrogen and oxygen atoms in total. The number of aliphatic hydroxyl groups excluding tert-OH is 1. The third-order valence-electron chi connectivity index (χ3n) is 2.26. The molecular formula is C8H12N2OS2. The summed E-state index contributed by atoms with van der Waals surface area (Å²) in [7, 11) is 0. The predicted octanol–water partition coefficient (Wildman–Crippen LogP) is 1.93. The molecule has 0 spiro atoms. The Balaban J connectivity index is 1.93. The van der Waals surface area contributed by atoms with E-state index in [1.807, 2.05) is 0 Å². The van der Waals surface area contributed by atoms with E-state index in [1.165, 1.54) is 6.42 Å². The summed E-state index contributed by atoms with van der Waals surface area (Å²) in [6.45, 7) is 0. The number of rotatable bonds is 2. The van der Waals surface area contributed by atoms with Gasteiger partial charge in [-0.15, -0.1) is 10.2 Å². The van der Waals surface area contributed by atoms with Gasteiger partial charge in [0.2, 0.25) is 0 Å². The van der Waals surface area contributed by atoms with Gasteiger partial charge in [-0.2, -0.15) is 0 Å². The van der Waals surface area contributed by atoms with Gasteiger partial charge in [-0.05, 0) is 12.8 Å². The van der Waals surface area contributed by atoms with Crippen LogP contribution in [-0.2, 0) is 0 Å². The SMILES string of the molecule is OC1CCCCC1Sc1nncs1. The second kappa shape index (κ2) is 4.39. The number of nitrogens with zero attached hydrogens (tertiary/aromatic N) is 2. The van der Waals surface area contributed by atoms with Gasteiger partial charge >= 0.3 is 0 Å². The van der Waals surface area contributed by atoms with Crippen LogP contribution in [0.4, 0.5) is 0 Å². The summed E-state index contributed by atoms with van der Waals surface area (Å²) in [5.74, 6) is 0. The molecule has 0 bridgehead atoms. The maximum atomic E-state index is 9.70. The zero-order valence-corrected chi connectivity index (χ0v) is 8.85. The maximum Gasteiger partial charge on any atom is 0.174 e. The highest BCUT2D eigenvalue weighted by molar-refractivity contribution is 8.01. The van der Waals surface area contributed by atoms with E-state index in [-0.39, 0.29) is 6.10 Å². The van der Waals surface area contributed by atoms with E-state index in [0.717, 1.165) is 23.6 Å². The molecule has 0 aromatic carbocycles. The lowest BCUT2D eigenvalue weighted by molar-refractivity contribution is 0.137. The molecule has 1 aliphatic rings. The molecule has 1 heterocycles. The van der Waals surface area contributed by atoms with Gasteiger partial charge in [-0.1, -0.05) is 35.9 Å². The van der Waals surface area contributed by atoms with Crippen molar-refractivity contribution in [2.75, 3.05) is 0 Å². The van der Waals surface area contributed by atoms with Gasteiger partial charge in [-0.3, -0.25) is 0 Å². The lowest BCUT2D eigenvalue weighted by Gasteiger charge is -2.25. The van der Waals surface area contributed by atoms with E-state index in [2.05, 4.69) is 10.2 Å². The van der Waals surface area contributed by atoms with Crippen LogP contribution >= 0.6 is 23.1 Å². The van der Waals surface area contributed by atoms with Crippen LogP contribution < -0.4 is 0 Å². The third-order valence-corrected chi connectivity index (χ3v) is 4.46. The van der Waals surface area contributed by atoms with Gasteiger partial charge in [0.05, 0.1) is 6.10 Å². The molecule has 2 unspecified atom stereocenters. The van der Waals surface area contributed by atoms with Crippen LogP contribution in [0.3, 0.4) is 0 Å². The van der Waals surface area contributed by atoms with E-state index in [9.17, 15) is 5.11 Å². The monoisotopic (exact) mass is 216 g/mol. The minimum Gasteiger partial charge on any atom is -0.392 e. The van der Waals surface area contributed by atoms with Crippen molar-refractivity contribution in [2.24, 2.45) is 0 Å². The molecule has 0 saturated heterocycles. The highest BCUT2D eigenvalue weighted by Crippen LogP contribution is 2.34. The third kappa shape index (κ3) is 2.42. The highest BCUT2D eigenvalue weighted by atomic mass is 32.2. The quantitative estimate of drug-likeness (QED) is 0.820. The summed E-state index contributed by atoms with van der Waals surface area (Å²) in [4.78, 5) is 0. The summed E-state index contributed by atoms with van der Waals surface area (Å²) in [5.41, 5.74) is 1.73. The van der Waals surface area contributed by atoms with Gasteiger partial charge in [0, 0.05) is 5.25 Å². The molecule has 72 valence electrons. The first kappa shape index (κ1) is 9.43. The average Bonchev–Trinajstić information content (AvgIpc) is 2.61. The Bertz CT molecular complexity index is 253. The van der Waals surface area contributed by atoms with Gasteiger partial charge in [0.1, 0.15) is 5.51 Å². The zero-order chi connectivity index (χ0) is 9.10. The van der Waals surface area contributed by atoms with Crippen molar-refractivity contribution in [3.63, 3.8) is 0 Å². The first-order valence-electron chi connectivity index (χ1n) is 4.47. The van der Waals surface area contributed by atoms with Gasteiger partial charge in [0.15, 0.2) is 4.34 Å². The smallest absolute Gasteiger partial charge is 0.174 e. The Morgan fingerprint density at radius 3 is 3.00 bits per heavy atom. The molecule has 0 aliphatic heterocycles. The van der Waals surface area contributed by atoms with Gasteiger partial charge in [0.25, 0.3) is 0 Å². The number of aliphatic hydroxyl groups is 1. The van der Waals surface area contributed by atoms with Crippen LogP contribution in [0.15, 0.2) is 9.85 Å². The number of hydrogen-bond acceptors (Lipinski definition) is 5. The minimum atomic E-state index is -0.150. The number of hydrogen-bond donors (Lipinski definition) is 1. The van der Waals surface area contributed by atoms with Crippen molar-refractivity contribution < 1.29 is 5.11 Å². The second-order valence-corrected chi connectivity index (χ2v) is 5.53. The molecule has 0 amide bonds. The first-order chi connectivity index (χ1) is 6.36. The van der Waals surface area contributed by atoms with E-state index in [0.29, 0.717) is 5.25 Å². The van der Waals surface area contributed by atoms with Gasteiger partial charge in [-0.25, -0.2) is 0 Å². The molecule has 1 N–H and O–H groups in total. The van der Waals surface area contributed by atoms with Crippen molar-refractivity contribution in [3.05, 3.63) is 5.51 Å².